The van der Waals surface area contributed by atoms with Gasteiger partial charge in [0.2, 0.25) is 5.91 Å². The van der Waals surface area contributed by atoms with Crippen LogP contribution in [0.1, 0.15) is 43.6 Å². The molecule has 8 heteroatoms. The molecular weight excluding hydrogens is 464 g/mol. The van der Waals surface area contributed by atoms with Crippen molar-refractivity contribution in [2.45, 2.75) is 57.1 Å². The van der Waals surface area contributed by atoms with Crippen molar-refractivity contribution in [1.82, 2.24) is 19.8 Å². The summed E-state index contributed by atoms with van der Waals surface area (Å²) in [5.74, 6) is 0.896. The van der Waals surface area contributed by atoms with Crippen molar-refractivity contribution < 1.29 is 4.79 Å². The first-order valence-corrected chi connectivity index (χ1v) is 14.1. The molecule has 3 aromatic rings. The molecule has 2 aliphatic rings. The number of carbonyl (C=O) groups is 1. The van der Waals surface area contributed by atoms with Crippen LogP contribution in [0.4, 0.5) is 0 Å². The number of rotatable bonds is 6. The minimum atomic E-state index is -0.0156. The SMILES string of the molecule is CCN1CCC(NC(=O)CSc2nc3sc4c(c3c(=O)n2-c2ccccc2)CCC(C)C4)CC1. The van der Waals surface area contributed by atoms with Gasteiger partial charge in [-0.1, -0.05) is 43.8 Å². The Kier molecular flexibility index (Phi) is 7.09. The highest BCUT2D eigenvalue weighted by Crippen LogP contribution is 2.37. The van der Waals surface area contributed by atoms with Gasteiger partial charge in [-0.25, -0.2) is 4.98 Å². The van der Waals surface area contributed by atoms with E-state index in [1.54, 1.807) is 15.9 Å². The number of fused-ring (bicyclic) bond motifs is 3. The van der Waals surface area contributed by atoms with Crippen LogP contribution in [0.3, 0.4) is 0 Å². The Labute approximate surface area is 208 Å². The molecule has 1 aliphatic heterocycles. The molecule has 3 heterocycles. The van der Waals surface area contributed by atoms with E-state index in [2.05, 4.69) is 24.1 Å². The molecule has 1 fully saturated rings. The van der Waals surface area contributed by atoms with Crippen molar-refractivity contribution in [3.05, 3.63) is 51.1 Å². The summed E-state index contributed by atoms with van der Waals surface area (Å²) in [6.07, 6.45) is 5.04. The van der Waals surface area contributed by atoms with Gasteiger partial charge >= 0.3 is 0 Å². The monoisotopic (exact) mass is 496 g/mol. The maximum atomic E-state index is 13.8. The predicted molar refractivity (Wildman–Crippen MR) is 140 cm³/mol. The molecule has 1 aromatic carbocycles. The lowest BCUT2D eigenvalue weighted by Gasteiger charge is -2.31. The number of hydrogen-bond donors (Lipinski definition) is 1. The second-order valence-corrected chi connectivity index (χ2v) is 11.5. The number of benzene rings is 1. The second kappa shape index (κ2) is 10.2. The minimum absolute atomic E-state index is 0.00760. The van der Waals surface area contributed by atoms with Gasteiger partial charge in [-0.3, -0.25) is 14.2 Å². The number of hydrogen-bond acceptors (Lipinski definition) is 6. The number of likely N-dealkylation sites (tertiary alicyclic amines) is 1. The maximum Gasteiger partial charge on any atom is 0.267 e. The fraction of sp³-hybridized carbons (Fsp3) is 0.500. The van der Waals surface area contributed by atoms with Crippen LogP contribution in [0.15, 0.2) is 40.3 Å². The maximum absolute atomic E-state index is 13.8. The first kappa shape index (κ1) is 23.6. The number of amides is 1. The molecule has 0 radical (unpaired) electrons. The average Bonchev–Trinajstić information content (AvgIpc) is 3.21. The van der Waals surface area contributed by atoms with E-state index in [1.807, 2.05) is 30.3 Å². The van der Waals surface area contributed by atoms with Gasteiger partial charge in [0.25, 0.3) is 5.56 Å². The van der Waals surface area contributed by atoms with E-state index in [-0.39, 0.29) is 23.3 Å². The van der Waals surface area contributed by atoms with Crippen LogP contribution < -0.4 is 10.9 Å². The Morgan fingerprint density at radius 2 is 1.97 bits per heavy atom. The molecule has 5 rings (SSSR count). The highest BCUT2D eigenvalue weighted by atomic mass is 32.2. The van der Waals surface area contributed by atoms with Gasteiger partial charge in [0, 0.05) is 24.0 Å². The Balaban J connectivity index is 1.42. The molecule has 1 unspecified atom stereocenters. The first-order valence-electron chi connectivity index (χ1n) is 12.3. The van der Waals surface area contributed by atoms with Crippen LogP contribution in [-0.2, 0) is 17.6 Å². The molecule has 1 atom stereocenters. The molecule has 2 aromatic heterocycles. The molecule has 6 nitrogen and oxygen atoms in total. The van der Waals surface area contributed by atoms with E-state index < -0.39 is 0 Å². The molecule has 0 spiro atoms. The molecule has 1 N–H and O–H groups in total. The van der Waals surface area contributed by atoms with E-state index in [0.717, 1.165) is 67.6 Å². The van der Waals surface area contributed by atoms with Crippen molar-refractivity contribution in [3.8, 4) is 5.69 Å². The third kappa shape index (κ3) is 4.81. The zero-order chi connectivity index (χ0) is 23.7. The summed E-state index contributed by atoms with van der Waals surface area (Å²) in [5, 5.41) is 4.55. The van der Waals surface area contributed by atoms with E-state index in [4.69, 9.17) is 4.98 Å². The number of piperidine rings is 1. The standard InChI is InChI=1S/C26H32N4O2S2/c1-3-29-13-11-18(12-14-29)27-22(31)16-33-26-28-24-23(20-10-9-17(2)15-21(20)34-24)25(32)30(26)19-7-5-4-6-8-19/h4-8,17-18H,3,9-16H2,1-2H3,(H,27,31). The summed E-state index contributed by atoms with van der Waals surface area (Å²) in [6, 6.07) is 9.90. The van der Waals surface area contributed by atoms with E-state index in [0.29, 0.717) is 11.1 Å². The van der Waals surface area contributed by atoms with Crippen LogP contribution in [0.25, 0.3) is 15.9 Å². The minimum Gasteiger partial charge on any atom is -0.353 e. The van der Waals surface area contributed by atoms with Crippen molar-refractivity contribution >= 4 is 39.2 Å². The number of nitrogens with zero attached hydrogens (tertiary/aromatic N) is 3. The van der Waals surface area contributed by atoms with Crippen molar-refractivity contribution in [3.63, 3.8) is 0 Å². The van der Waals surface area contributed by atoms with E-state index in [1.165, 1.54) is 22.2 Å². The fourth-order valence-corrected chi connectivity index (χ4v) is 7.31. The number of aryl methyl sites for hydroxylation is 1. The largest absolute Gasteiger partial charge is 0.353 e. The number of para-hydroxylation sites is 1. The third-order valence-corrected chi connectivity index (χ3v) is 9.13. The lowest BCUT2D eigenvalue weighted by atomic mass is 9.89. The number of thioether (sulfide) groups is 1. The molecule has 1 amide bonds. The van der Waals surface area contributed by atoms with Crippen molar-refractivity contribution in [2.75, 3.05) is 25.4 Å². The van der Waals surface area contributed by atoms with Gasteiger partial charge < -0.3 is 10.2 Å². The fourth-order valence-electron chi connectivity index (χ4n) is 5.07. The third-order valence-electron chi connectivity index (χ3n) is 7.05. The summed E-state index contributed by atoms with van der Waals surface area (Å²) in [4.78, 5) is 36.0. The quantitative estimate of drug-likeness (QED) is 0.408. The zero-order valence-corrected chi connectivity index (χ0v) is 21.5. The van der Waals surface area contributed by atoms with Gasteiger partial charge in [-0.05, 0) is 62.3 Å². The molecule has 1 aliphatic carbocycles. The van der Waals surface area contributed by atoms with E-state index in [9.17, 15) is 9.59 Å². The predicted octanol–water partition coefficient (Wildman–Crippen LogP) is 4.26. The molecular formula is C26H32N4O2S2. The highest BCUT2D eigenvalue weighted by molar-refractivity contribution is 7.99. The first-order chi connectivity index (χ1) is 16.5. The summed E-state index contributed by atoms with van der Waals surface area (Å²) >= 11 is 3.01. The topological polar surface area (TPSA) is 67.2 Å². The van der Waals surface area contributed by atoms with Gasteiger partial charge in [-0.2, -0.15) is 0 Å². The lowest BCUT2D eigenvalue weighted by Crippen LogP contribution is -2.45. The number of nitrogens with one attached hydrogen (secondary N) is 1. The summed E-state index contributed by atoms with van der Waals surface area (Å²) in [5.41, 5.74) is 1.96. The van der Waals surface area contributed by atoms with Crippen LogP contribution in [-0.4, -0.2) is 51.8 Å². The smallest absolute Gasteiger partial charge is 0.267 e. The van der Waals surface area contributed by atoms with Crippen LogP contribution in [0.2, 0.25) is 0 Å². The second-order valence-electron chi connectivity index (χ2n) is 9.47. The number of thiophene rings is 1. The Hall–Kier alpha value is -2.16. The lowest BCUT2D eigenvalue weighted by molar-refractivity contribution is -0.119. The van der Waals surface area contributed by atoms with Crippen molar-refractivity contribution in [1.29, 1.82) is 0 Å². The highest BCUT2D eigenvalue weighted by Gasteiger charge is 2.26. The van der Waals surface area contributed by atoms with Crippen LogP contribution in [0.5, 0.6) is 0 Å². The Morgan fingerprint density at radius 1 is 1.21 bits per heavy atom. The normalized spacial score (nSPS) is 19.3. The molecule has 0 saturated carbocycles. The van der Waals surface area contributed by atoms with Gasteiger partial charge in [0.05, 0.1) is 16.8 Å². The molecule has 180 valence electrons. The van der Waals surface area contributed by atoms with Gasteiger partial charge in [0.15, 0.2) is 5.16 Å². The average molecular weight is 497 g/mol. The summed E-state index contributed by atoms with van der Waals surface area (Å²) in [6.45, 7) is 7.57. The van der Waals surface area contributed by atoms with Crippen molar-refractivity contribution in [2.24, 2.45) is 5.92 Å². The molecule has 0 bridgehead atoms. The van der Waals surface area contributed by atoms with Gasteiger partial charge in [0.1, 0.15) is 4.83 Å². The Morgan fingerprint density at radius 3 is 2.71 bits per heavy atom. The zero-order valence-electron chi connectivity index (χ0n) is 19.9. The van der Waals surface area contributed by atoms with E-state index >= 15 is 0 Å². The summed E-state index contributed by atoms with van der Waals surface area (Å²) in [7, 11) is 0. The number of aromatic nitrogens is 2. The summed E-state index contributed by atoms with van der Waals surface area (Å²) < 4.78 is 1.70. The molecule has 1 saturated heterocycles. The van der Waals surface area contributed by atoms with Crippen LogP contribution >= 0.6 is 23.1 Å². The Bertz CT molecular complexity index is 1230. The van der Waals surface area contributed by atoms with Gasteiger partial charge in [-0.15, -0.1) is 11.3 Å². The van der Waals surface area contributed by atoms with Crippen LogP contribution in [0, 0.1) is 5.92 Å². The molecule has 34 heavy (non-hydrogen) atoms. The number of carbonyl (C=O) groups excluding carboxylic acids is 1.